The van der Waals surface area contributed by atoms with Crippen LogP contribution in [0.3, 0.4) is 0 Å². The maximum Gasteiger partial charge on any atom is 0.143 e. The normalized spacial score (nSPS) is 13.7. The topological polar surface area (TPSA) is 16.4 Å². The van der Waals surface area contributed by atoms with Crippen LogP contribution in [-0.2, 0) is 10.8 Å². The first kappa shape index (κ1) is 40.1. The Morgan fingerprint density at radius 1 is 0.300 bits per heavy atom. The molecule has 0 aliphatic heterocycles. The van der Waals surface area contributed by atoms with Crippen molar-refractivity contribution in [1.29, 1.82) is 0 Å². The molecule has 2 heteroatoms. The van der Waals surface area contributed by atoms with E-state index in [1.54, 1.807) is 0 Å². The number of hydrogen-bond acceptors (Lipinski definition) is 2. The van der Waals surface area contributed by atoms with Gasteiger partial charge in [0.15, 0.2) is 0 Å². The Kier molecular flexibility index (Phi) is 9.06. The van der Waals surface area contributed by atoms with Gasteiger partial charge in [-0.15, -0.1) is 0 Å². The Hall–Kier alpha value is -8.98. The van der Waals surface area contributed by atoms with Gasteiger partial charge in [0, 0.05) is 33.3 Å². The van der Waals surface area contributed by atoms with Crippen molar-refractivity contribution in [1.82, 2.24) is 0 Å². The Labute approximate surface area is 408 Å². The van der Waals surface area contributed by atoms with E-state index in [9.17, 15) is 0 Å². The summed E-state index contributed by atoms with van der Waals surface area (Å²) in [6, 6.07) is 101. The van der Waals surface area contributed by atoms with Gasteiger partial charge in [-0.3, -0.25) is 0 Å². The molecular formula is C68H45NO. The van der Waals surface area contributed by atoms with E-state index in [2.05, 4.69) is 272 Å². The van der Waals surface area contributed by atoms with Crippen molar-refractivity contribution < 1.29 is 4.42 Å². The van der Waals surface area contributed by atoms with Crippen LogP contribution >= 0.6 is 0 Å². The lowest BCUT2D eigenvalue weighted by Gasteiger charge is -2.35. The lowest BCUT2D eigenvalue weighted by Crippen LogP contribution is -2.29. The van der Waals surface area contributed by atoms with Crippen LogP contribution in [0, 0.1) is 0 Å². The number of hydrogen-bond donors (Lipinski definition) is 0. The molecule has 0 fully saturated rings. The highest BCUT2D eigenvalue weighted by Crippen LogP contribution is 2.61. The fourth-order valence-corrected chi connectivity index (χ4v) is 12.4. The van der Waals surface area contributed by atoms with E-state index in [4.69, 9.17) is 4.42 Å². The molecule has 0 radical (unpaired) electrons. The van der Waals surface area contributed by atoms with Crippen LogP contribution in [0.5, 0.6) is 0 Å². The minimum absolute atomic E-state index is 0.555. The molecule has 328 valence electrons. The summed E-state index contributed by atoms with van der Waals surface area (Å²) in [4.78, 5) is 2.51. The smallest absolute Gasteiger partial charge is 0.143 e. The molecule has 0 amide bonds. The van der Waals surface area contributed by atoms with Crippen molar-refractivity contribution in [3.8, 4) is 33.4 Å². The number of para-hydroxylation sites is 2. The maximum absolute atomic E-state index is 6.58. The van der Waals surface area contributed by atoms with E-state index in [0.29, 0.717) is 0 Å². The second-order valence-corrected chi connectivity index (χ2v) is 18.6. The molecular weight excluding hydrogens is 847 g/mol. The molecule has 0 unspecified atom stereocenters. The molecule has 1 heterocycles. The number of anilines is 3. The largest absolute Gasteiger partial charge is 0.455 e. The van der Waals surface area contributed by atoms with Gasteiger partial charge < -0.3 is 9.32 Å². The molecule has 0 N–H and O–H groups in total. The average molecular weight is 892 g/mol. The predicted octanol–water partition coefficient (Wildman–Crippen LogP) is 17.4. The van der Waals surface area contributed by atoms with Crippen LogP contribution in [0.15, 0.2) is 277 Å². The number of furan rings is 1. The molecule has 0 saturated heterocycles. The van der Waals surface area contributed by atoms with Crippen molar-refractivity contribution in [2.45, 2.75) is 10.8 Å². The van der Waals surface area contributed by atoms with Gasteiger partial charge in [0.05, 0.1) is 16.5 Å². The van der Waals surface area contributed by atoms with Crippen LogP contribution in [0.2, 0.25) is 0 Å². The minimum Gasteiger partial charge on any atom is -0.455 e. The van der Waals surface area contributed by atoms with Gasteiger partial charge in [-0.2, -0.15) is 0 Å². The molecule has 12 aromatic rings. The lowest BCUT2D eigenvalue weighted by atomic mass is 9.67. The third kappa shape index (κ3) is 5.68. The maximum atomic E-state index is 6.58. The van der Waals surface area contributed by atoms with Crippen LogP contribution in [0.25, 0.3) is 55.3 Å². The average Bonchev–Trinajstić information content (AvgIpc) is 4.08. The van der Waals surface area contributed by atoms with E-state index in [1.807, 2.05) is 6.07 Å². The molecule has 70 heavy (non-hydrogen) atoms. The fourth-order valence-electron chi connectivity index (χ4n) is 12.4. The first-order valence-corrected chi connectivity index (χ1v) is 24.3. The molecule has 2 aliphatic carbocycles. The van der Waals surface area contributed by atoms with E-state index in [0.717, 1.165) is 50.1 Å². The lowest BCUT2D eigenvalue weighted by molar-refractivity contribution is 0.670. The van der Waals surface area contributed by atoms with Crippen molar-refractivity contribution >= 4 is 39.0 Å². The van der Waals surface area contributed by atoms with Gasteiger partial charge >= 0.3 is 0 Å². The Morgan fingerprint density at radius 2 is 0.757 bits per heavy atom. The number of nitrogens with zero attached hydrogens (tertiary/aromatic N) is 1. The molecule has 2 nitrogen and oxygen atoms in total. The molecule has 11 aromatic carbocycles. The van der Waals surface area contributed by atoms with Gasteiger partial charge in [-0.25, -0.2) is 0 Å². The molecule has 0 spiro atoms. The Morgan fingerprint density at radius 3 is 1.40 bits per heavy atom. The molecule has 0 saturated carbocycles. The van der Waals surface area contributed by atoms with Gasteiger partial charge in [0.25, 0.3) is 0 Å². The van der Waals surface area contributed by atoms with Crippen molar-refractivity contribution in [3.05, 3.63) is 317 Å². The summed E-state index contributed by atoms with van der Waals surface area (Å²) in [6.45, 7) is 0. The molecule has 2 aliphatic rings. The Balaban J connectivity index is 1.04. The van der Waals surface area contributed by atoms with E-state index in [1.165, 1.54) is 66.8 Å². The summed E-state index contributed by atoms with van der Waals surface area (Å²) in [5.41, 5.74) is 21.1. The summed E-state index contributed by atoms with van der Waals surface area (Å²) >= 11 is 0. The van der Waals surface area contributed by atoms with Crippen molar-refractivity contribution in [2.24, 2.45) is 0 Å². The zero-order valence-corrected chi connectivity index (χ0v) is 38.3. The number of rotatable bonds is 8. The van der Waals surface area contributed by atoms with Crippen LogP contribution in [0.4, 0.5) is 17.1 Å². The fraction of sp³-hybridized carbons (Fsp3) is 0.0294. The minimum atomic E-state index is -0.563. The van der Waals surface area contributed by atoms with Gasteiger partial charge in [-0.1, -0.05) is 237 Å². The third-order valence-electron chi connectivity index (χ3n) is 15.2. The SMILES string of the molecule is c1ccc(C2(c3ccccc3)c3ccccc3-c3ccc(N(c4ccc(-c5cccc6c5oc5ccccc56)cc4)c4cccc5c4-c4ccccc4C5(c4ccccc4)c4ccccc4)cc32)cc1. The third-order valence-corrected chi connectivity index (χ3v) is 15.2. The molecule has 0 atom stereocenters. The molecule has 1 aromatic heterocycles. The van der Waals surface area contributed by atoms with E-state index < -0.39 is 10.8 Å². The van der Waals surface area contributed by atoms with Gasteiger partial charge in [-0.05, 0) is 103 Å². The second-order valence-electron chi connectivity index (χ2n) is 18.6. The highest BCUT2D eigenvalue weighted by Gasteiger charge is 2.49. The summed E-state index contributed by atoms with van der Waals surface area (Å²) in [7, 11) is 0. The summed E-state index contributed by atoms with van der Waals surface area (Å²) in [6.07, 6.45) is 0. The first-order chi connectivity index (χ1) is 34.7. The highest BCUT2D eigenvalue weighted by molar-refractivity contribution is 6.09. The second kappa shape index (κ2) is 15.8. The first-order valence-electron chi connectivity index (χ1n) is 24.3. The zero-order chi connectivity index (χ0) is 46.2. The standard InChI is InChI=1S/C68H45NO/c1-5-21-47(22-6-1)67(48-23-7-2-8-24-48)60-35-17-14-31-58(60)65-61(67)36-20-37-63(65)69(51-41-39-46(40-42-51)53-32-19-33-57-56-30-15-18-38-64(56)70-66(53)57)52-43-44-55-54-29-13-16-34-59(54)68(62(55)45-52,49-25-9-3-10-26-49)50-27-11-4-12-28-50/h1-45H. The van der Waals surface area contributed by atoms with E-state index >= 15 is 0 Å². The summed E-state index contributed by atoms with van der Waals surface area (Å²) in [5, 5.41) is 2.25. The predicted molar refractivity (Wildman–Crippen MR) is 288 cm³/mol. The molecule has 0 bridgehead atoms. The summed E-state index contributed by atoms with van der Waals surface area (Å²) < 4.78 is 6.58. The number of benzene rings is 11. The summed E-state index contributed by atoms with van der Waals surface area (Å²) in [5.74, 6) is 0. The zero-order valence-electron chi connectivity index (χ0n) is 38.3. The highest BCUT2D eigenvalue weighted by atomic mass is 16.3. The van der Waals surface area contributed by atoms with Crippen LogP contribution < -0.4 is 4.90 Å². The van der Waals surface area contributed by atoms with Crippen LogP contribution in [-0.4, -0.2) is 0 Å². The van der Waals surface area contributed by atoms with Crippen molar-refractivity contribution in [2.75, 3.05) is 4.90 Å². The van der Waals surface area contributed by atoms with E-state index in [-0.39, 0.29) is 0 Å². The number of fused-ring (bicyclic) bond motifs is 9. The monoisotopic (exact) mass is 891 g/mol. The molecule has 14 rings (SSSR count). The quantitative estimate of drug-likeness (QED) is 0.151. The van der Waals surface area contributed by atoms with Crippen LogP contribution in [0.1, 0.15) is 44.5 Å². The van der Waals surface area contributed by atoms with Crippen molar-refractivity contribution in [3.63, 3.8) is 0 Å². The van der Waals surface area contributed by atoms with Gasteiger partial charge in [0.2, 0.25) is 0 Å². The Bertz CT molecular complexity index is 3850. The van der Waals surface area contributed by atoms with Gasteiger partial charge in [0.1, 0.15) is 11.2 Å².